The predicted molar refractivity (Wildman–Crippen MR) is 73.7 cm³/mol. The molecule has 3 unspecified atom stereocenters. The Kier molecular flexibility index (Phi) is 6.28. The lowest BCUT2D eigenvalue weighted by atomic mass is 9.98. The average Bonchev–Trinajstić information content (AvgIpc) is 2.48. The van der Waals surface area contributed by atoms with E-state index < -0.39 is 6.04 Å². The lowest BCUT2D eigenvalue weighted by molar-refractivity contribution is -0.137. The molecule has 0 aromatic carbocycles. The Bertz CT molecular complexity index is 320. The van der Waals surface area contributed by atoms with Crippen molar-refractivity contribution in [2.75, 3.05) is 19.8 Å². The lowest BCUT2D eigenvalue weighted by Crippen LogP contribution is -2.50. The molecule has 1 N–H and O–H groups in total. The van der Waals surface area contributed by atoms with E-state index in [4.69, 9.17) is 4.74 Å². The molecule has 1 aliphatic rings. The van der Waals surface area contributed by atoms with Crippen LogP contribution in [0.3, 0.4) is 0 Å². The van der Waals surface area contributed by atoms with Gasteiger partial charge in [0.25, 0.3) is 0 Å². The molecular weight excluding hydrogens is 244 g/mol. The van der Waals surface area contributed by atoms with E-state index in [1.165, 1.54) is 0 Å². The zero-order chi connectivity index (χ0) is 14.4. The first kappa shape index (κ1) is 16.0. The number of hydrogen-bond acceptors (Lipinski definition) is 3. The molecule has 3 atom stereocenters. The third kappa shape index (κ3) is 4.20. The first-order chi connectivity index (χ1) is 9.01. The molecule has 5 nitrogen and oxygen atoms in total. The van der Waals surface area contributed by atoms with Gasteiger partial charge in [0.2, 0.25) is 11.8 Å². The number of carbonyl (C=O) groups excluding carboxylic acids is 2. The summed E-state index contributed by atoms with van der Waals surface area (Å²) in [4.78, 5) is 26.2. The molecule has 1 aliphatic heterocycles. The monoisotopic (exact) mass is 270 g/mol. The highest BCUT2D eigenvalue weighted by molar-refractivity contribution is 5.90. The number of amides is 2. The van der Waals surface area contributed by atoms with Gasteiger partial charge in [-0.2, -0.15) is 0 Å². The molecule has 1 saturated heterocycles. The number of hydrogen-bond donors (Lipinski definition) is 1. The van der Waals surface area contributed by atoms with Crippen molar-refractivity contribution in [1.29, 1.82) is 0 Å². The van der Waals surface area contributed by atoms with E-state index in [1.807, 2.05) is 27.7 Å². The number of nitrogens with one attached hydrogen (secondary N) is 1. The fourth-order valence-electron chi connectivity index (χ4n) is 2.33. The second-order valence-electron chi connectivity index (χ2n) is 5.21. The van der Waals surface area contributed by atoms with Crippen LogP contribution in [0.4, 0.5) is 0 Å². The van der Waals surface area contributed by atoms with Crippen LogP contribution in [0.1, 0.15) is 40.5 Å². The van der Waals surface area contributed by atoms with Crippen molar-refractivity contribution >= 4 is 11.8 Å². The largest absolute Gasteiger partial charge is 0.380 e. The minimum Gasteiger partial charge on any atom is -0.380 e. The topological polar surface area (TPSA) is 58.6 Å². The van der Waals surface area contributed by atoms with Gasteiger partial charge in [-0.25, -0.2) is 0 Å². The number of carbonyl (C=O) groups is 2. The van der Waals surface area contributed by atoms with Crippen LogP contribution >= 0.6 is 0 Å². The molecule has 0 aromatic rings. The van der Waals surface area contributed by atoms with E-state index in [9.17, 15) is 9.59 Å². The van der Waals surface area contributed by atoms with E-state index in [0.717, 1.165) is 6.42 Å². The molecule has 0 saturated carbocycles. The molecule has 1 rings (SSSR count). The molecule has 19 heavy (non-hydrogen) atoms. The van der Waals surface area contributed by atoms with Crippen LogP contribution in [0.25, 0.3) is 0 Å². The molecule has 0 bridgehead atoms. The van der Waals surface area contributed by atoms with E-state index in [2.05, 4.69) is 5.32 Å². The molecular formula is C14H26N2O3. The van der Waals surface area contributed by atoms with Crippen LogP contribution in [-0.4, -0.2) is 48.6 Å². The molecule has 1 heterocycles. The number of nitrogens with zero attached hydrogens (tertiary/aromatic N) is 1. The molecule has 0 aromatic heterocycles. The highest BCUT2D eigenvalue weighted by atomic mass is 16.5. The van der Waals surface area contributed by atoms with Gasteiger partial charge in [-0.15, -0.1) is 0 Å². The average molecular weight is 270 g/mol. The van der Waals surface area contributed by atoms with Crippen LogP contribution in [0.5, 0.6) is 0 Å². The Hall–Kier alpha value is -1.10. The smallest absolute Gasteiger partial charge is 0.245 e. The third-order valence-corrected chi connectivity index (χ3v) is 3.77. The Balaban J connectivity index is 2.80. The molecule has 5 heteroatoms. The van der Waals surface area contributed by atoms with Gasteiger partial charge in [0.05, 0.1) is 6.61 Å². The van der Waals surface area contributed by atoms with Gasteiger partial charge in [-0.3, -0.25) is 9.59 Å². The third-order valence-electron chi connectivity index (χ3n) is 3.77. The normalized spacial score (nSPS) is 26.0. The zero-order valence-electron chi connectivity index (χ0n) is 12.4. The summed E-state index contributed by atoms with van der Waals surface area (Å²) in [7, 11) is 0. The van der Waals surface area contributed by atoms with Crippen LogP contribution in [0.2, 0.25) is 0 Å². The Labute approximate surface area is 115 Å². The van der Waals surface area contributed by atoms with Crippen molar-refractivity contribution in [2.24, 2.45) is 5.92 Å². The summed E-state index contributed by atoms with van der Waals surface area (Å²) in [5.74, 6) is 0.133. The van der Waals surface area contributed by atoms with E-state index in [0.29, 0.717) is 26.2 Å². The lowest BCUT2D eigenvalue weighted by Gasteiger charge is -2.30. The van der Waals surface area contributed by atoms with E-state index >= 15 is 0 Å². The second-order valence-corrected chi connectivity index (χ2v) is 5.21. The quantitative estimate of drug-likeness (QED) is 0.737. The number of ether oxygens (including phenoxy) is 1. The molecule has 2 amide bonds. The van der Waals surface area contributed by atoms with Gasteiger partial charge >= 0.3 is 0 Å². The summed E-state index contributed by atoms with van der Waals surface area (Å²) in [5, 5.41) is 2.86. The zero-order valence-corrected chi connectivity index (χ0v) is 12.4. The van der Waals surface area contributed by atoms with Crippen molar-refractivity contribution < 1.29 is 14.3 Å². The Morgan fingerprint density at radius 1 is 1.42 bits per heavy atom. The van der Waals surface area contributed by atoms with Crippen molar-refractivity contribution in [3.63, 3.8) is 0 Å². The summed E-state index contributed by atoms with van der Waals surface area (Å²) in [6, 6.07) is -0.467. The maximum absolute atomic E-state index is 12.6. The Morgan fingerprint density at radius 2 is 2.11 bits per heavy atom. The van der Waals surface area contributed by atoms with Gasteiger partial charge < -0.3 is 15.0 Å². The fourth-order valence-corrected chi connectivity index (χ4v) is 2.33. The van der Waals surface area contributed by atoms with Gasteiger partial charge in [-0.1, -0.05) is 20.3 Å². The second kappa shape index (κ2) is 7.48. The van der Waals surface area contributed by atoms with Crippen molar-refractivity contribution in [1.82, 2.24) is 10.2 Å². The minimum absolute atomic E-state index is 0.0207. The number of rotatable bonds is 6. The molecule has 0 spiro atoms. The highest BCUT2D eigenvalue weighted by Gasteiger charge is 2.35. The van der Waals surface area contributed by atoms with Crippen LogP contribution in [-0.2, 0) is 14.3 Å². The van der Waals surface area contributed by atoms with Crippen LogP contribution < -0.4 is 5.32 Å². The highest BCUT2D eigenvalue weighted by Crippen LogP contribution is 2.17. The predicted octanol–water partition coefficient (Wildman–Crippen LogP) is 1.17. The van der Waals surface area contributed by atoms with Gasteiger partial charge in [-0.05, 0) is 19.8 Å². The van der Waals surface area contributed by atoms with Gasteiger partial charge in [0.15, 0.2) is 0 Å². The van der Waals surface area contributed by atoms with Crippen molar-refractivity contribution in [3.8, 4) is 0 Å². The summed E-state index contributed by atoms with van der Waals surface area (Å²) in [6.07, 6.45) is 1.23. The van der Waals surface area contributed by atoms with E-state index in [1.54, 1.807) is 4.90 Å². The minimum atomic E-state index is -0.399. The summed E-state index contributed by atoms with van der Waals surface area (Å²) < 4.78 is 5.32. The Morgan fingerprint density at radius 3 is 2.68 bits per heavy atom. The van der Waals surface area contributed by atoms with Gasteiger partial charge in [0, 0.05) is 25.6 Å². The molecule has 0 aliphatic carbocycles. The molecule has 110 valence electrons. The van der Waals surface area contributed by atoms with E-state index in [-0.39, 0.29) is 23.8 Å². The van der Waals surface area contributed by atoms with Crippen molar-refractivity contribution in [3.05, 3.63) is 0 Å². The fraction of sp³-hybridized carbons (Fsp3) is 0.857. The van der Waals surface area contributed by atoms with Crippen molar-refractivity contribution in [2.45, 2.75) is 52.6 Å². The molecule has 1 fully saturated rings. The van der Waals surface area contributed by atoms with Gasteiger partial charge in [0.1, 0.15) is 6.04 Å². The van der Waals surface area contributed by atoms with Crippen LogP contribution in [0, 0.1) is 5.92 Å². The summed E-state index contributed by atoms with van der Waals surface area (Å²) >= 11 is 0. The molecule has 0 radical (unpaired) electrons. The summed E-state index contributed by atoms with van der Waals surface area (Å²) in [6.45, 7) is 9.60. The standard InChI is InChI=1S/C14H26N2O3/c1-5-10(3)13-14(18)16(7-8-19-6-2)11(4)9-12(17)15-13/h10-11,13H,5-9H2,1-4H3,(H,15,17). The summed E-state index contributed by atoms with van der Waals surface area (Å²) in [5.41, 5.74) is 0. The maximum Gasteiger partial charge on any atom is 0.245 e. The van der Waals surface area contributed by atoms with Crippen LogP contribution in [0.15, 0.2) is 0 Å². The first-order valence-corrected chi connectivity index (χ1v) is 7.18. The SMILES string of the molecule is CCOCCN1C(=O)C(C(C)CC)NC(=O)CC1C. The first-order valence-electron chi connectivity index (χ1n) is 7.18. The maximum atomic E-state index is 12.6.